The van der Waals surface area contributed by atoms with Crippen LogP contribution in [0.1, 0.15) is 67.9 Å². The van der Waals surface area contributed by atoms with E-state index in [1.807, 2.05) is 0 Å². The molecular weight excluding hydrogens is 206 g/mol. The molecule has 0 unspecified atom stereocenters. The molecule has 0 aliphatic heterocycles. The van der Waals surface area contributed by atoms with Gasteiger partial charge in [-0.15, -0.1) is 0 Å². The highest BCUT2D eigenvalue weighted by atomic mass is 14.7. The van der Waals surface area contributed by atoms with E-state index in [-0.39, 0.29) is 0 Å². The van der Waals surface area contributed by atoms with E-state index in [2.05, 4.69) is 24.3 Å². The molecule has 2 saturated carbocycles. The molecular formula is C16H23N. The Hall–Kier alpha value is -0.820. The van der Waals surface area contributed by atoms with Gasteiger partial charge in [0.2, 0.25) is 0 Å². The summed E-state index contributed by atoms with van der Waals surface area (Å²) in [5, 5.41) is 0. The van der Waals surface area contributed by atoms with E-state index < -0.39 is 0 Å². The lowest BCUT2D eigenvalue weighted by molar-refractivity contribution is 0.351. The molecule has 0 aromatic heterocycles. The zero-order valence-electron chi connectivity index (χ0n) is 10.6. The van der Waals surface area contributed by atoms with Gasteiger partial charge in [0.15, 0.2) is 0 Å². The Morgan fingerprint density at radius 1 is 0.765 bits per heavy atom. The van der Waals surface area contributed by atoms with Crippen molar-refractivity contribution in [3.05, 3.63) is 35.4 Å². The lowest BCUT2D eigenvalue weighted by atomic mass is 9.75. The number of hydrogen-bond acceptors (Lipinski definition) is 1. The van der Waals surface area contributed by atoms with Crippen LogP contribution in [0.4, 0.5) is 0 Å². The first-order valence-corrected chi connectivity index (χ1v) is 7.18. The van der Waals surface area contributed by atoms with Crippen molar-refractivity contribution in [1.82, 2.24) is 0 Å². The Kier molecular flexibility index (Phi) is 3.19. The highest BCUT2D eigenvalue weighted by Gasteiger charge is 2.27. The van der Waals surface area contributed by atoms with Gasteiger partial charge in [-0.1, -0.05) is 43.5 Å². The van der Waals surface area contributed by atoms with E-state index in [1.54, 1.807) is 5.56 Å². The molecule has 2 N–H and O–H groups in total. The van der Waals surface area contributed by atoms with Gasteiger partial charge >= 0.3 is 0 Å². The molecule has 2 aliphatic carbocycles. The van der Waals surface area contributed by atoms with Crippen LogP contribution in [0.5, 0.6) is 0 Å². The number of rotatable bonds is 2. The third kappa shape index (κ3) is 2.40. The van der Waals surface area contributed by atoms with Crippen LogP contribution in [0, 0.1) is 0 Å². The van der Waals surface area contributed by atoms with Gasteiger partial charge in [-0.25, -0.2) is 0 Å². The molecule has 0 spiro atoms. The van der Waals surface area contributed by atoms with Crippen LogP contribution in [0.25, 0.3) is 0 Å². The fourth-order valence-corrected chi connectivity index (χ4v) is 3.41. The largest absolute Gasteiger partial charge is 0.328 e. The molecule has 0 bridgehead atoms. The molecule has 0 atom stereocenters. The maximum atomic E-state index is 5.85. The second-order valence-corrected chi connectivity index (χ2v) is 5.93. The summed E-state index contributed by atoms with van der Waals surface area (Å²) in [4.78, 5) is 0. The smallest absolute Gasteiger partial charge is 0.00504 e. The highest BCUT2D eigenvalue weighted by Crippen LogP contribution is 2.37. The Morgan fingerprint density at radius 2 is 1.29 bits per heavy atom. The van der Waals surface area contributed by atoms with Crippen LogP contribution in [-0.2, 0) is 0 Å². The highest BCUT2D eigenvalue weighted by molar-refractivity contribution is 5.29. The Labute approximate surface area is 104 Å². The van der Waals surface area contributed by atoms with Crippen molar-refractivity contribution in [1.29, 1.82) is 0 Å². The molecule has 3 rings (SSSR count). The van der Waals surface area contributed by atoms with Crippen molar-refractivity contribution in [2.24, 2.45) is 5.73 Å². The van der Waals surface area contributed by atoms with Gasteiger partial charge in [0.1, 0.15) is 0 Å². The van der Waals surface area contributed by atoms with Gasteiger partial charge < -0.3 is 5.73 Å². The van der Waals surface area contributed by atoms with Crippen LogP contribution in [0.3, 0.4) is 0 Å². The number of hydrogen-bond donors (Lipinski definition) is 1. The SMILES string of the molecule is NC1CC(c2ccc(C3CCCCC3)cc2)C1. The van der Waals surface area contributed by atoms with E-state index in [9.17, 15) is 0 Å². The third-order valence-corrected chi connectivity index (χ3v) is 4.66. The van der Waals surface area contributed by atoms with Gasteiger partial charge in [0.25, 0.3) is 0 Å². The molecule has 1 heteroatoms. The zero-order valence-corrected chi connectivity index (χ0v) is 10.6. The molecule has 1 aromatic carbocycles. The number of benzene rings is 1. The molecule has 1 nitrogen and oxygen atoms in total. The van der Waals surface area contributed by atoms with Crippen LogP contribution < -0.4 is 5.73 Å². The summed E-state index contributed by atoms with van der Waals surface area (Å²) in [5.41, 5.74) is 8.93. The molecule has 0 radical (unpaired) electrons. The summed E-state index contributed by atoms with van der Waals surface area (Å²) < 4.78 is 0. The maximum Gasteiger partial charge on any atom is 0.00504 e. The van der Waals surface area contributed by atoms with Crippen molar-refractivity contribution in [3.8, 4) is 0 Å². The molecule has 2 aliphatic rings. The standard InChI is InChI=1S/C16H23N/c17-16-10-15(11-16)14-8-6-13(7-9-14)12-4-2-1-3-5-12/h6-9,12,15-16H,1-5,10-11,17H2. The van der Waals surface area contributed by atoms with E-state index in [0.717, 1.165) is 11.8 Å². The first kappa shape index (κ1) is 11.3. The summed E-state index contributed by atoms with van der Waals surface area (Å²) in [7, 11) is 0. The van der Waals surface area contributed by atoms with E-state index in [1.165, 1.54) is 50.5 Å². The quantitative estimate of drug-likeness (QED) is 0.816. The molecule has 1 aromatic rings. The lowest BCUT2D eigenvalue weighted by Gasteiger charge is -2.33. The summed E-state index contributed by atoms with van der Waals surface area (Å²) in [6.07, 6.45) is 9.44. The molecule has 92 valence electrons. The second-order valence-electron chi connectivity index (χ2n) is 5.93. The van der Waals surface area contributed by atoms with E-state index in [0.29, 0.717) is 6.04 Å². The minimum atomic E-state index is 0.457. The second kappa shape index (κ2) is 4.81. The van der Waals surface area contributed by atoms with Crippen LogP contribution in [0.15, 0.2) is 24.3 Å². The zero-order chi connectivity index (χ0) is 11.7. The summed E-state index contributed by atoms with van der Waals surface area (Å²) >= 11 is 0. The van der Waals surface area contributed by atoms with Crippen molar-refractivity contribution < 1.29 is 0 Å². The fraction of sp³-hybridized carbons (Fsp3) is 0.625. The van der Waals surface area contributed by atoms with Crippen LogP contribution >= 0.6 is 0 Å². The predicted molar refractivity (Wildman–Crippen MR) is 72.2 cm³/mol. The van der Waals surface area contributed by atoms with Crippen molar-refractivity contribution in [2.75, 3.05) is 0 Å². The molecule has 0 amide bonds. The van der Waals surface area contributed by atoms with Crippen LogP contribution in [-0.4, -0.2) is 6.04 Å². The Morgan fingerprint density at radius 3 is 1.82 bits per heavy atom. The molecule has 0 saturated heterocycles. The molecule has 17 heavy (non-hydrogen) atoms. The van der Waals surface area contributed by atoms with Gasteiger partial charge in [0.05, 0.1) is 0 Å². The average molecular weight is 229 g/mol. The fourth-order valence-electron chi connectivity index (χ4n) is 3.41. The minimum absolute atomic E-state index is 0.457. The lowest BCUT2D eigenvalue weighted by Crippen LogP contribution is -2.34. The van der Waals surface area contributed by atoms with Crippen molar-refractivity contribution in [3.63, 3.8) is 0 Å². The van der Waals surface area contributed by atoms with E-state index in [4.69, 9.17) is 5.73 Å². The molecule has 0 heterocycles. The third-order valence-electron chi connectivity index (χ3n) is 4.66. The first-order chi connectivity index (χ1) is 8.33. The summed E-state index contributed by atoms with van der Waals surface area (Å²) in [5.74, 6) is 1.58. The van der Waals surface area contributed by atoms with Crippen LogP contribution in [0.2, 0.25) is 0 Å². The van der Waals surface area contributed by atoms with Gasteiger partial charge in [0, 0.05) is 6.04 Å². The van der Waals surface area contributed by atoms with Crippen molar-refractivity contribution >= 4 is 0 Å². The average Bonchev–Trinajstić information content (AvgIpc) is 2.36. The molecule has 2 fully saturated rings. The van der Waals surface area contributed by atoms with Gasteiger partial charge in [-0.3, -0.25) is 0 Å². The minimum Gasteiger partial charge on any atom is -0.328 e. The van der Waals surface area contributed by atoms with Gasteiger partial charge in [-0.2, -0.15) is 0 Å². The summed E-state index contributed by atoms with van der Waals surface area (Å²) in [6, 6.07) is 9.89. The maximum absolute atomic E-state index is 5.85. The summed E-state index contributed by atoms with van der Waals surface area (Å²) in [6.45, 7) is 0. The van der Waals surface area contributed by atoms with Gasteiger partial charge in [-0.05, 0) is 48.6 Å². The first-order valence-electron chi connectivity index (χ1n) is 7.18. The predicted octanol–water partition coefficient (Wildman–Crippen LogP) is 3.94. The monoisotopic (exact) mass is 229 g/mol. The van der Waals surface area contributed by atoms with Crippen molar-refractivity contribution in [2.45, 2.75) is 62.8 Å². The topological polar surface area (TPSA) is 26.0 Å². The Balaban J connectivity index is 1.67. The number of nitrogens with two attached hydrogens (primary N) is 1. The normalized spacial score (nSPS) is 29.9. The van der Waals surface area contributed by atoms with E-state index >= 15 is 0 Å². The Bertz CT molecular complexity index is 356.